The molecule has 35 heavy (non-hydrogen) atoms. The summed E-state index contributed by atoms with van der Waals surface area (Å²) in [4.78, 5) is 38.9. The van der Waals surface area contributed by atoms with Crippen LogP contribution in [0.4, 0.5) is 4.79 Å². The number of aliphatic hydroxyl groups is 1. The summed E-state index contributed by atoms with van der Waals surface area (Å²) in [5.41, 5.74) is 4.07. The number of nitrogens with zero attached hydrogens (tertiary/aromatic N) is 1. The number of ether oxygens (including phenoxy) is 1. The van der Waals surface area contributed by atoms with Crippen LogP contribution in [0.25, 0.3) is 11.1 Å². The fourth-order valence-electron chi connectivity index (χ4n) is 5.09. The fraction of sp³-hybridized carbons (Fsp3) is 0.444. The van der Waals surface area contributed by atoms with Gasteiger partial charge in [-0.05, 0) is 34.1 Å². The van der Waals surface area contributed by atoms with Crippen LogP contribution in [0, 0.1) is 5.41 Å². The molecule has 2 amide bonds. The summed E-state index contributed by atoms with van der Waals surface area (Å²) in [5.74, 6) is -1.82. The fourth-order valence-corrected chi connectivity index (χ4v) is 5.09. The number of aliphatic carboxylic acids is 1. The summed E-state index contributed by atoms with van der Waals surface area (Å²) in [6.45, 7) is 5.82. The molecular weight excluding hydrogens is 448 g/mol. The Balaban J connectivity index is 1.47. The molecule has 2 aromatic carbocycles. The van der Waals surface area contributed by atoms with Crippen LogP contribution in [0.1, 0.15) is 50.7 Å². The summed E-state index contributed by atoms with van der Waals surface area (Å²) in [6.07, 6.45) is -1.39. The van der Waals surface area contributed by atoms with Crippen LogP contribution in [0.5, 0.6) is 0 Å². The molecule has 0 saturated carbocycles. The Bertz CT molecular complexity index is 1080. The van der Waals surface area contributed by atoms with Gasteiger partial charge in [0.05, 0.1) is 6.10 Å². The highest BCUT2D eigenvalue weighted by Crippen LogP contribution is 2.44. The van der Waals surface area contributed by atoms with E-state index in [1.54, 1.807) is 0 Å². The second-order valence-electron chi connectivity index (χ2n) is 10.5. The molecule has 1 unspecified atom stereocenters. The lowest BCUT2D eigenvalue weighted by Crippen LogP contribution is -2.53. The number of aliphatic hydroxyl groups excluding tert-OH is 1. The first-order valence-corrected chi connectivity index (χ1v) is 11.9. The second kappa shape index (κ2) is 9.70. The van der Waals surface area contributed by atoms with E-state index in [1.807, 2.05) is 57.2 Å². The summed E-state index contributed by atoms with van der Waals surface area (Å²) in [7, 11) is 0. The van der Waals surface area contributed by atoms with Crippen LogP contribution in [-0.4, -0.2) is 64.4 Å². The highest BCUT2D eigenvalue weighted by molar-refractivity contribution is 5.90. The molecule has 3 atom stereocenters. The molecule has 3 N–H and O–H groups in total. The van der Waals surface area contributed by atoms with Crippen molar-refractivity contribution in [1.29, 1.82) is 0 Å². The highest BCUT2D eigenvalue weighted by atomic mass is 16.5. The Kier molecular flexibility index (Phi) is 6.85. The number of benzene rings is 2. The van der Waals surface area contributed by atoms with Crippen molar-refractivity contribution < 1.29 is 29.3 Å². The second-order valence-corrected chi connectivity index (χ2v) is 10.5. The van der Waals surface area contributed by atoms with Gasteiger partial charge in [-0.2, -0.15) is 0 Å². The number of carbonyl (C=O) groups is 3. The number of hydrogen-bond donors (Lipinski definition) is 3. The SMILES string of the molecule is CC(C)(C)CC(NC(=O)OCC1c2ccccc2-c2ccccc21)C(=O)N1C[C@H](O)C[C@H]1C(=O)O. The number of likely N-dealkylation sites (tertiary alicyclic amines) is 1. The van der Waals surface area contributed by atoms with Crippen molar-refractivity contribution in [3.8, 4) is 11.1 Å². The molecule has 2 aliphatic rings. The summed E-state index contributed by atoms with van der Waals surface area (Å²) >= 11 is 0. The zero-order valence-corrected chi connectivity index (χ0v) is 20.2. The molecule has 1 aliphatic heterocycles. The molecule has 8 heteroatoms. The maximum atomic E-state index is 13.3. The third-order valence-electron chi connectivity index (χ3n) is 6.60. The Labute approximate surface area is 204 Å². The third kappa shape index (κ3) is 5.32. The number of carboxylic acids is 1. The quantitative estimate of drug-likeness (QED) is 0.584. The number of β-amino-alcohol motifs (C(OH)–C–C–N with tert-alkyl or cyclic N) is 1. The number of carbonyl (C=O) groups excluding carboxylic acids is 2. The molecule has 1 heterocycles. The zero-order chi connectivity index (χ0) is 25.3. The molecular formula is C27H32N2O6. The van der Waals surface area contributed by atoms with E-state index in [0.717, 1.165) is 27.2 Å². The zero-order valence-electron chi connectivity index (χ0n) is 20.2. The van der Waals surface area contributed by atoms with Crippen molar-refractivity contribution in [3.63, 3.8) is 0 Å². The molecule has 0 aromatic heterocycles. The molecule has 1 fully saturated rings. The molecule has 1 saturated heterocycles. The average molecular weight is 481 g/mol. The van der Waals surface area contributed by atoms with Crippen LogP contribution < -0.4 is 5.32 Å². The standard InChI is InChI=1S/C27H32N2O6/c1-27(2,3)13-22(24(31)29-14-16(30)12-23(29)25(32)33)28-26(34)35-15-21-19-10-6-4-8-17(19)18-9-5-7-11-20(18)21/h4-11,16,21-23,30H,12-15H2,1-3H3,(H,28,34)(H,32,33)/t16-,22?,23+/m1/s1. The van der Waals surface area contributed by atoms with Gasteiger partial charge in [0, 0.05) is 18.9 Å². The first-order chi connectivity index (χ1) is 16.5. The number of nitrogens with one attached hydrogen (secondary N) is 1. The Hall–Kier alpha value is -3.39. The first-order valence-electron chi connectivity index (χ1n) is 11.9. The summed E-state index contributed by atoms with van der Waals surface area (Å²) < 4.78 is 5.61. The number of fused-ring (bicyclic) bond motifs is 3. The Morgan fingerprint density at radius 3 is 2.17 bits per heavy atom. The monoisotopic (exact) mass is 480 g/mol. The predicted octanol–water partition coefficient (Wildman–Crippen LogP) is 3.38. The first kappa shape index (κ1) is 24.7. The van der Waals surface area contributed by atoms with Crippen molar-refractivity contribution in [2.45, 2.75) is 57.7 Å². The average Bonchev–Trinajstić information content (AvgIpc) is 3.34. The molecule has 0 spiro atoms. The van der Waals surface area contributed by atoms with Gasteiger partial charge in [0.25, 0.3) is 0 Å². The van der Waals surface area contributed by atoms with Crippen LogP contribution in [0.2, 0.25) is 0 Å². The van der Waals surface area contributed by atoms with Gasteiger partial charge in [-0.15, -0.1) is 0 Å². The van der Waals surface area contributed by atoms with Gasteiger partial charge in [-0.3, -0.25) is 4.79 Å². The molecule has 8 nitrogen and oxygen atoms in total. The molecule has 4 rings (SSSR count). The van der Waals surface area contributed by atoms with E-state index >= 15 is 0 Å². The molecule has 186 valence electrons. The van der Waals surface area contributed by atoms with Gasteiger partial charge in [-0.25, -0.2) is 9.59 Å². The number of carboxylic acid groups (broad SMARTS) is 1. The van der Waals surface area contributed by atoms with Crippen molar-refractivity contribution in [3.05, 3.63) is 59.7 Å². The Morgan fingerprint density at radius 1 is 1.06 bits per heavy atom. The maximum absolute atomic E-state index is 13.3. The lowest BCUT2D eigenvalue weighted by Gasteiger charge is -2.31. The van der Waals surface area contributed by atoms with E-state index < -0.39 is 36.2 Å². The van der Waals surface area contributed by atoms with Crippen molar-refractivity contribution in [1.82, 2.24) is 10.2 Å². The third-order valence-corrected chi connectivity index (χ3v) is 6.60. The van der Waals surface area contributed by atoms with Crippen molar-refractivity contribution in [2.75, 3.05) is 13.2 Å². The summed E-state index contributed by atoms with van der Waals surface area (Å²) in [6, 6.07) is 13.9. The normalized spacial score (nSPS) is 20.2. The molecule has 2 aromatic rings. The summed E-state index contributed by atoms with van der Waals surface area (Å²) in [5, 5.41) is 22.1. The number of alkyl carbamates (subject to hydrolysis) is 1. The van der Waals surface area contributed by atoms with Crippen molar-refractivity contribution >= 4 is 18.0 Å². The smallest absolute Gasteiger partial charge is 0.407 e. The van der Waals surface area contributed by atoms with E-state index in [1.165, 1.54) is 0 Å². The largest absolute Gasteiger partial charge is 0.480 e. The van der Waals surface area contributed by atoms with E-state index in [0.29, 0.717) is 0 Å². The lowest BCUT2D eigenvalue weighted by atomic mass is 9.87. The van der Waals surface area contributed by atoms with E-state index in [4.69, 9.17) is 4.74 Å². The van der Waals surface area contributed by atoms with Crippen LogP contribution in [-0.2, 0) is 14.3 Å². The Morgan fingerprint density at radius 2 is 1.63 bits per heavy atom. The molecule has 0 radical (unpaired) electrons. The predicted molar refractivity (Wildman–Crippen MR) is 130 cm³/mol. The van der Waals surface area contributed by atoms with E-state index in [2.05, 4.69) is 17.4 Å². The topological polar surface area (TPSA) is 116 Å². The van der Waals surface area contributed by atoms with Gasteiger partial charge in [-0.1, -0.05) is 69.3 Å². The van der Waals surface area contributed by atoms with Gasteiger partial charge in [0.2, 0.25) is 5.91 Å². The maximum Gasteiger partial charge on any atom is 0.407 e. The minimum atomic E-state index is -1.18. The highest BCUT2D eigenvalue weighted by Gasteiger charge is 2.42. The van der Waals surface area contributed by atoms with Gasteiger partial charge >= 0.3 is 12.1 Å². The number of rotatable bonds is 6. The van der Waals surface area contributed by atoms with Crippen molar-refractivity contribution in [2.24, 2.45) is 5.41 Å². The van der Waals surface area contributed by atoms with Gasteiger partial charge in [0.1, 0.15) is 18.7 Å². The van der Waals surface area contributed by atoms with Crippen LogP contribution in [0.15, 0.2) is 48.5 Å². The minimum absolute atomic E-state index is 0.0335. The molecule has 0 bridgehead atoms. The number of amides is 2. The molecule has 1 aliphatic carbocycles. The lowest BCUT2D eigenvalue weighted by molar-refractivity contribution is -0.149. The van der Waals surface area contributed by atoms with Crippen LogP contribution in [0.3, 0.4) is 0 Å². The van der Waals surface area contributed by atoms with Crippen LogP contribution >= 0.6 is 0 Å². The number of hydrogen-bond acceptors (Lipinski definition) is 5. The van der Waals surface area contributed by atoms with Gasteiger partial charge < -0.3 is 25.2 Å². The van der Waals surface area contributed by atoms with E-state index in [9.17, 15) is 24.6 Å². The van der Waals surface area contributed by atoms with Gasteiger partial charge in [0.15, 0.2) is 0 Å². The van der Waals surface area contributed by atoms with E-state index in [-0.39, 0.29) is 37.3 Å². The minimum Gasteiger partial charge on any atom is -0.480 e.